The Labute approximate surface area is 131 Å². The molecule has 1 N–H and O–H groups in total. The first-order chi connectivity index (χ1) is 10.5. The average molecular weight is 307 g/mol. The van der Waals surface area contributed by atoms with Gasteiger partial charge in [0.2, 0.25) is 0 Å². The lowest BCUT2D eigenvalue weighted by molar-refractivity contribution is 0.0928. The van der Waals surface area contributed by atoms with Crippen LogP contribution < -0.4 is 5.32 Å². The lowest BCUT2D eigenvalue weighted by atomic mass is 9.93. The zero-order valence-corrected chi connectivity index (χ0v) is 13.5. The maximum Gasteiger partial charge on any atom is 0.316 e. The highest BCUT2D eigenvalue weighted by molar-refractivity contribution is 5.73. The summed E-state index contributed by atoms with van der Waals surface area (Å²) in [7, 11) is 3.51. The number of hydrogen-bond acceptors (Lipinski definition) is 4. The number of amides is 2. The Morgan fingerprint density at radius 1 is 1.41 bits per heavy atom. The number of fused-ring (bicyclic) bond motifs is 1. The smallest absolute Gasteiger partial charge is 0.316 e. The van der Waals surface area contributed by atoms with Gasteiger partial charge in [0.1, 0.15) is 11.5 Å². The molecule has 0 aliphatic carbocycles. The lowest BCUT2D eigenvalue weighted by Crippen LogP contribution is -2.39. The van der Waals surface area contributed by atoms with Crippen LogP contribution in [0.4, 0.5) is 4.79 Å². The molecule has 2 aliphatic heterocycles. The molecule has 122 valence electrons. The topological polar surface area (TPSA) is 58.0 Å². The second-order valence-corrected chi connectivity index (χ2v) is 6.58. The molecule has 2 saturated heterocycles. The van der Waals surface area contributed by atoms with E-state index in [1.54, 1.807) is 19.0 Å². The molecule has 0 bridgehead atoms. The molecular formula is C16H25N3O3. The molecule has 1 aromatic heterocycles. The fourth-order valence-electron chi connectivity index (χ4n) is 3.39. The molecule has 3 heterocycles. The van der Waals surface area contributed by atoms with Crippen molar-refractivity contribution in [2.75, 3.05) is 40.3 Å². The van der Waals surface area contributed by atoms with Gasteiger partial charge in [-0.2, -0.15) is 0 Å². The number of aryl methyl sites for hydroxylation is 1. The molecule has 22 heavy (non-hydrogen) atoms. The number of nitrogens with zero attached hydrogens (tertiary/aromatic N) is 2. The highest BCUT2D eigenvalue weighted by atomic mass is 16.5. The number of carbonyl (C=O) groups excluding carboxylic acids is 1. The van der Waals surface area contributed by atoms with E-state index < -0.39 is 0 Å². The Bertz CT molecular complexity index is 528. The summed E-state index contributed by atoms with van der Waals surface area (Å²) < 4.78 is 11.6. The van der Waals surface area contributed by atoms with Crippen LogP contribution in [0.15, 0.2) is 16.5 Å². The van der Waals surface area contributed by atoms with Crippen molar-refractivity contribution in [1.29, 1.82) is 0 Å². The van der Waals surface area contributed by atoms with Crippen molar-refractivity contribution in [3.05, 3.63) is 23.7 Å². The van der Waals surface area contributed by atoms with Gasteiger partial charge in [0.25, 0.3) is 0 Å². The predicted molar refractivity (Wildman–Crippen MR) is 82.5 cm³/mol. The maximum atomic E-state index is 11.7. The Kier molecular flexibility index (Phi) is 4.40. The molecule has 3 rings (SSSR count). The Hall–Kier alpha value is -1.53. The van der Waals surface area contributed by atoms with Crippen molar-refractivity contribution < 1.29 is 13.9 Å². The molecule has 0 unspecified atom stereocenters. The van der Waals surface area contributed by atoms with E-state index in [9.17, 15) is 4.79 Å². The summed E-state index contributed by atoms with van der Waals surface area (Å²) in [5.74, 6) is 2.86. The number of nitrogens with one attached hydrogen (secondary N) is 1. The summed E-state index contributed by atoms with van der Waals surface area (Å²) >= 11 is 0. The molecule has 0 radical (unpaired) electrons. The normalized spacial score (nSPS) is 27.9. The van der Waals surface area contributed by atoms with Gasteiger partial charge >= 0.3 is 6.03 Å². The number of rotatable bonds is 4. The van der Waals surface area contributed by atoms with Crippen molar-refractivity contribution in [3.63, 3.8) is 0 Å². The second-order valence-electron chi connectivity index (χ2n) is 6.58. The van der Waals surface area contributed by atoms with E-state index in [1.165, 1.54) is 0 Å². The van der Waals surface area contributed by atoms with Crippen LogP contribution in [0, 0.1) is 18.8 Å². The SMILES string of the molecule is Cc1ccc(CN2C[C@@H]3[C@@H](CNC(=O)N(C)C)CO[C@@H]3C2)o1. The quantitative estimate of drug-likeness (QED) is 0.911. The van der Waals surface area contributed by atoms with Crippen LogP contribution in [0.2, 0.25) is 0 Å². The molecule has 1 aromatic rings. The summed E-state index contributed by atoms with van der Waals surface area (Å²) in [4.78, 5) is 15.6. The van der Waals surface area contributed by atoms with E-state index >= 15 is 0 Å². The lowest BCUT2D eigenvalue weighted by Gasteiger charge is -2.20. The van der Waals surface area contributed by atoms with Crippen molar-refractivity contribution in [3.8, 4) is 0 Å². The fraction of sp³-hybridized carbons (Fsp3) is 0.688. The summed E-state index contributed by atoms with van der Waals surface area (Å²) in [6.45, 7) is 6.19. The number of furan rings is 1. The van der Waals surface area contributed by atoms with E-state index in [1.807, 2.05) is 19.1 Å². The molecule has 2 aliphatic rings. The fourth-order valence-corrected chi connectivity index (χ4v) is 3.39. The van der Waals surface area contributed by atoms with Crippen LogP contribution in [0.3, 0.4) is 0 Å². The third-order valence-corrected chi connectivity index (χ3v) is 4.61. The minimum absolute atomic E-state index is 0.0376. The minimum Gasteiger partial charge on any atom is -0.465 e. The molecule has 2 amide bonds. The van der Waals surface area contributed by atoms with Gasteiger partial charge in [0.15, 0.2) is 0 Å². The van der Waals surface area contributed by atoms with Crippen LogP contribution >= 0.6 is 0 Å². The first kappa shape index (κ1) is 15.4. The minimum atomic E-state index is -0.0376. The third-order valence-electron chi connectivity index (χ3n) is 4.61. The summed E-state index contributed by atoms with van der Waals surface area (Å²) in [6.07, 6.45) is 0.289. The van der Waals surface area contributed by atoms with Gasteiger partial charge < -0.3 is 19.4 Å². The highest BCUT2D eigenvalue weighted by Gasteiger charge is 2.43. The van der Waals surface area contributed by atoms with Crippen molar-refractivity contribution in [1.82, 2.24) is 15.1 Å². The van der Waals surface area contributed by atoms with Gasteiger partial charge in [-0.25, -0.2) is 4.79 Å². The molecular weight excluding hydrogens is 282 g/mol. The van der Waals surface area contributed by atoms with E-state index in [2.05, 4.69) is 10.2 Å². The zero-order valence-electron chi connectivity index (χ0n) is 13.5. The highest BCUT2D eigenvalue weighted by Crippen LogP contribution is 2.34. The number of hydrogen-bond donors (Lipinski definition) is 1. The molecule has 0 spiro atoms. The number of ether oxygens (including phenoxy) is 1. The van der Waals surface area contributed by atoms with E-state index in [0.29, 0.717) is 18.4 Å². The first-order valence-electron chi connectivity index (χ1n) is 7.87. The van der Waals surface area contributed by atoms with Gasteiger partial charge in [0.05, 0.1) is 19.3 Å². The van der Waals surface area contributed by atoms with Crippen LogP contribution in [0.25, 0.3) is 0 Å². The largest absolute Gasteiger partial charge is 0.465 e. The van der Waals surface area contributed by atoms with Gasteiger partial charge in [-0.05, 0) is 19.1 Å². The van der Waals surface area contributed by atoms with Gasteiger partial charge in [-0.15, -0.1) is 0 Å². The van der Waals surface area contributed by atoms with Crippen molar-refractivity contribution in [2.24, 2.45) is 11.8 Å². The number of urea groups is 1. The van der Waals surface area contributed by atoms with Crippen molar-refractivity contribution >= 4 is 6.03 Å². The number of likely N-dealkylation sites (tertiary alicyclic amines) is 1. The molecule has 0 aromatic carbocycles. The molecule has 3 atom stereocenters. The molecule has 2 fully saturated rings. The first-order valence-corrected chi connectivity index (χ1v) is 7.87. The third kappa shape index (κ3) is 3.28. The van der Waals surface area contributed by atoms with Crippen LogP contribution in [0.5, 0.6) is 0 Å². The Balaban J connectivity index is 1.51. The van der Waals surface area contributed by atoms with Gasteiger partial charge in [-0.3, -0.25) is 4.90 Å². The zero-order chi connectivity index (χ0) is 15.7. The maximum absolute atomic E-state index is 11.7. The van der Waals surface area contributed by atoms with Crippen LogP contribution in [-0.4, -0.2) is 62.3 Å². The van der Waals surface area contributed by atoms with Crippen LogP contribution in [-0.2, 0) is 11.3 Å². The second kappa shape index (κ2) is 6.30. The van der Waals surface area contributed by atoms with Crippen LogP contribution in [0.1, 0.15) is 11.5 Å². The van der Waals surface area contributed by atoms with Crippen molar-refractivity contribution in [2.45, 2.75) is 19.6 Å². The molecule has 6 nitrogen and oxygen atoms in total. The van der Waals surface area contributed by atoms with Gasteiger partial charge in [0, 0.05) is 45.6 Å². The predicted octanol–water partition coefficient (Wildman–Crippen LogP) is 1.31. The summed E-state index contributed by atoms with van der Waals surface area (Å²) in [6, 6.07) is 4.01. The number of carbonyl (C=O) groups is 1. The Morgan fingerprint density at radius 2 is 2.23 bits per heavy atom. The summed E-state index contributed by atoms with van der Waals surface area (Å²) in [5.41, 5.74) is 0. The summed E-state index contributed by atoms with van der Waals surface area (Å²) in [5, 5.41) is 2.97. The molecule has 6 heteroatoms. The molecule has 0 saturated carbocycles. The monoisotopic (exact) mass is 307 g/mol. The van der Waals surface area contributed by atoms with E-state index in [4.69, 9.17) is 9.15 Å². The van der Waals surface area contributed by atoms with E-state index in [-0.39, 0.29) is 12.1 Å². The average Bonchev–Trinajstić information content (AvgIpc) is 3.13. The van der Waals surface area contributed by atoms with Gasteiger partial charge in [-0.1, -0.05) is 0 Å². The van der Waals surface area contributed by atoms with E-state index in [0.717, 1.165) is 37.8 Å². The standard InChI is InChI=1S/C16H25N3O3/c1-11-4-5-13(22-11)7-19-8-14-12(10-21-15(14)9-19)6-17-16(20)18(2)3/h4-5,12,14-15H,6-10H2,1-3H3,(H,17,20)/t12-,14+,15+/m0/s1. The Morgan fingerprint density at radius 3 is 2.91 bits per heavy atom.